The first kappa shape index (κ1) is 13.3. The van der Waals surface area contributed by atoms with Gasteiger partial charge >= 0.3 is 0 Å². The molecule has 1 saturated heterocycles. The fraction of sp³-hybridized carbons (Fsp3) is 1.00. The number of nitrogens with one attached hydrogen (secondary N) is 1. The molecule has 1 aliphatic carbocycles. The van der Waals surface area contributed by atoms with Crippen molar-refractivity contribution in [3.05, 3.63) is 0 Å². The van der Waals surface area contributed by atoms with Crippen molar-refractivity contribution in [1.29, 1.82) is 0 Å². The van der Waals surface area contributed by atoms with Crippen molar-refractivity contribution < 1.29 is 4.74 Å². The molecule has 1 heterocycles. The summed E-state index contributed by atoms with van der Waals surface area (Å²) in [6, 6.07) is 1.35. The van der Waals surface area contributed by atoms with E-state index in [2.05, 4.69) is 31.2 Å². The average Bonchev–Trinajstić information content (AvgIpc) is 2.81. The first-order valence-corrected chi connectivity index (χ1v) is 7.19. The number of nitrogens with zero attached hydrogens (tertiary/aromatic N) is 1. The maximum absolute atomic E-state index is 5.75. The van der Waals surface area contributed by atoms with Crippen molar-refractivity contribution in [3.63, 3.8) is 0 Å². The summed E-state index contributed by atoms with van der Waals surface area (Å²) < 4.78 is 5.75. The molecule has 2 rings (SSSR count). The average molecular weight is 240 g/mol. The minimum Gasteiger partial charge on any atom is -0.377 e. The summed E-state index contributed by atoms with van der Waals surface area (Å²) in [6.07, 6.45) is 6.99. The van der Waals surface area contributed by atoms with E-state index in [1.165, 1.54) is 32.1 Å². The monoisotopic (exact) mass is 240 g/mol. The van der Waals surface area contributed by atoms with Gasteiger partial charge in [0.2, 0.25) is 0 Å². The Morgan fingerprint density at radius 2 is 2.12 bits per heavy atom. The molecule has 0 amide bonds. The van der Waals surface area contributed by atoms with Gasteiger partial charge in [0.25, 0.3) is 0 Å². The quantitative estimate of drug-likeness (QED) is 0.812. The van der Waals surface area contributed by atoms with Crippen molar-refractivity contribution in [3.8, 4) is 0 Å². The number of ether oxygens (including phenoxy) is 1. The Bertz CT molecular complexity index is 228. The third kappa shape index (κ3) is 3.43. The topological polar surface area (TPSA) is 24.5 Å². The molecular formula is C14H28N2O. The van der Waals surface area contributed by atoms with Gasteiger partial charge in [0.15, 0.2) is 0 Å². The third-order valence-corrected chi connectivity index (χ3v) is 4.53. The van der Waals surface area contributed by atoms with Crippen molar-refractivity contribution in [1.82, 2.24) is 10.2 Å². The van der Waals surface area contributed by atoms with E-state index in [0.29, 0.717) is 18.2 Å². The number of likely N-dealkylation sites (N-methyl/N-ethyl adjacent to an activating group) is 2. The summed E-state index contributed by atoms with van der Waals surface area (Å²) in [5.74, 6) is 0.872. The van der Waals surface area contributed by atoms with Crippen LogP contribution in [0, 0.1) is 5.92 Å². The number of hydrogen-bond acceptors (Lipinski definition) is 3. The van der Waals surface area contributed by atoms with Crippen molar-refractivity contribution >= 4 is 0 Å². The number of hydrogen-bond donors (Lipinski definition) is 1. The van der Waals surface area contributed by atoms with Gasteiger partial charge in [-0.15, -0.1) is 0 Å². The Morgan fingerprint density at radius 3 is 2.76 bits per heavy atom. The zero-order chi connectivity index (χ0) is 12.3. The molecule has 2 aliphatic rings. The van der Waals surface area contributed by atoms with Gasteiger partial charge < -0.3 is 10.1 Å². The van der Waals surface area contributed by atoms with Gasteiger partial charge in [-0.05, 0) is 52.1 Å². The molecule has 0 spiro atoms. The molecule has 0 radical (unpaired) electrons. The normalized spacial score (nSPS) is 38.8. The third-order valence-electron chi connectivity index (χ3n) is 4.53. The van der Waals surface area contributed by atoms with Crippen LogP contribution in [0.1, 0.15) is 39.0 Å². The van der Waals surface area contributed by atoms with Crippen LogP contribution < -0.4 is 5.32 Å². The van der Waals surface area contributed by atoms with Gasteiger partial charge in [-0.1, -0.05) is 6.92 Å². The molecule has 17 heavy (non-hydrogen) atoms. The smallest absolute Gasteiger partial charge is 0.0702 e. The summed E-state index contributed by atoms with van der Waals surface area (Å²) in [6.45, 7) is 4.46. The Morgan fingerprint density at radius 1 is 1.29 bits per heavy atom. The highest BCUT2D eigenvalue weighted by molar-refractivity contribution is 4.89. The largest absolute Gasteiger partial charge is 0.377 e. The van der Waals surface area contributed by atoms with Crippen LogP contribution in [0.2, 0.25) is 0 Å². The molecule has 3 nitrogen and oxygen atoms in total. The second-order valence-corrected chi connectivity index (χ2v) is 5.96. The van der Waals surface area contributed by atoms with Crippen LogP contribution >= 0.6 is 0 Å². The van der Waals surface area contributed by atoms with Gasteiger partial charge in [-0.25, -0.2) is 0 Å². The van der Waals surface area contributed by atoms with Crippen LogP contribution in [0.4, 0.5) is 0 Å². The molecule has 0 aromatic heterocycles. The minimum atomic E-state index is 0.481. The van der Waals surface area contributed by atoms with E-state index in [1.807, 2.05) is 0 Å². The van der Waals surface area contributed by atoms with Gasteiger partial charge in [0.1, 0.15) is 0 Å². The standard InChI is InChI=1S/C14H28N2O/c1-11-6-7-13(15-2)14(9-11)16(3)10-12-5-4-8-17-12/h11-15H,4-10H2,1-3H3. The first-order valence-electron chi connectivity index (χ1n) is 7.19. The summed E-state index contributed by atoms with van der Waals surface area (Å²) in [5.41, 5.74) is 0. The fourth-order valence-corrected chi connectivity index (χ4v) is 3.42. The molecule has 1 saturated carbocycles. The zero-order valence-electron chi connectivity index (χ0n) is 11.6. The summed E-state index contributed by atoms with van der Waals surface area (Å²) in [5, 5.41) is 3.50. The first-order chi connectivity index (χ1) is 8.20. The van der Waals surface area contributed by atoms with E-state index in [9.17, 15) is 0 Å². The number of rotatable bonds is 4. The Hall–Kier alpha value is -0.120. The Balaban J connectivity index is 1.87. The lowest BCUT2D eigenvalue weighted by molar-refractivity contribution is 0.0470. The Labute approximate surface area is 106 Å². The zero-order valence-corrected chi connectivity index (χ0v) is 11.6. The fourth-order valence-electron chi connectivity index (χ4n) is 3.42. The van der Waals surface area contributed by atoms with E-state index < -0.39 is 0 Å². The second kappa shape index (κ2) is 6.17. The van der Waals surface area contributed by atoms with Gasteiger partial charge in [0.05, 0.1) is 6.10 Å². The van der Waals surface area contributed by atoms with Crippen LogP contribution in [0.25, 0.3) is 0 Å². The van der Waals surface area contributed by atoms with Gasteiger partial charge in [-0.2, -0.15) is 0 Å². The molecule has 4 unspecified atom stereocenters. The van der Waals surface area contributed by atoms with Crippen molar-refractivity contribution in [2.45, 2.75) is 57.2 Å². The lowest BCUT2D eigenvalue weighted by Gasteiger charge is -2.41. The SMILES string of the molecule is CNC1CCC(C)CC1N(C)CC1CCCO1. The van der Waals surface area contributed by atoms with Crippen LogP contribution in [0.15, 0.2) is 0 Å². The minimum absolute atomic E-state index is 0.481. The van der Waals surface area contributed by atoms with Crippen LogP contribution in [0.5, 0.6) is 0 Å². The highest BCUT2D eigenvalue weighted by Gasteiger charge is 2.31. The molecular weight excluding hydrogens is 212 g/mol. The van der Waals surface area contributed by atoms with Crippen molar-refractivity contribution in [2.75, 3.05) is 27.2 Å². The highest BCUT2D eigenvalue weighted by Crippen LogP contribution is 2.28. The van der Waals surface area contributed by atoms with Crippen LogP contribution in [-0.2, 0) is 4.74 Å². The predicted octanol–water partition coefficient (Wildman–Crippen LogP) is 1.87. The lowest BCUT2D eigenvalue weighted by atomic mass is 9.82. The molecule has 1 aliphatic heterocycles. The van der Waals surface area contributed by atoms with Gasteiger partial charge in [-0.3, -0.25) is 4.90 Å². The van der Waals surface area contributed by atoms with E-state index in [0.717, 1.165) is 19.1 Å². The highest BCUT2D eigenvalue weighted by atomic mass is 16.5. The second-order valence-electron chi connectivity index (χ2n) is 5.96. The molecule has 100 valence electrons. The molecule has 2 fully saturated rings. The predicted molar refractivity (Wildman–Crippen MR) is 71.3 cm³/mol. The summed E-state index contributed by atoms with van der Waals surface area (Å²) >= 11 is 0. The molecule has 0 aromatic rings. The van der Waals surface area contributed by atoms with E-state index in [4.69, 9.17) is 4.74 Å². The summed E-state index contributed by atoms with van der Waals surface area (Å²) in [7, 11) is 4.38. The van der Waals surface area contributed by atoms with Gasteiger partial charge in [0, 0.05) is 25.2 Å². The van der Waals surface area contributed by atoms with Crippen LogP contribution in [0.3, 0.4) is 0 Å². The molecule has 0 aromatic carbocycles. The lowest BCUT2D eigenvalue weighted by Crippen LogP contribution is -2.52. The van der Waals surface area contributed by atoms with Crippen LogP contribution in [-0.4, -0.2) is 50.3 Å². The maximum atomic E-state index is 5.75. The van der Waals surface area contributed by atoms with E-state index in [1.54, 1.807) is 0 Å². The molecule has 3 heteroatoms. The van der Waals surface area contributed by atoms with E-state index in [-0.39, 0.29) is 0 Å². The molecule has 4 atom stereocenters. The van der Waals surface area contributed by atoms with Crippen molar-refractivity contribution in [2.24, 2.45) is 5.92 Å². The Kier molecular flexibility index (Phi) is 4.83. The molecule has 0 bridgehead atoms. The van der Waals surface area contributed by atoms with E-state index >= 15 is 0 Å². The maximum Gasteiger partial charge on any atom is 0.0702 e. The molecule has 1 N–H and O–H groups in total. The summed E-state index contributed by atoms with van der Waals surface area (Å²) in [4.78, 5) is 2.53.